The maximum absolute atomic E-state index is 4.74. The molecule has 2 heterocycles. The van der Waals surface area contributed by atoms with Crippen molar-refractivity contribution in [2.45, 2.75) is 13.3 Å². The molecule has 1 aliphatic carbocycles. The van der Waals surface area contributed by atoms with E-state index < -0.39 is 0 Å². The van der Waals surface area contributed by atoms with E-state index in [-0.39, 0.29) is 5.41 Å². The van der Waals surface area contributed by atoms with Gasteiger partial charge in [0.05, 0.1) is 15.6 Å². The number of thiazole rings is 1. The Hall–Kier alpha value is -1.94. The SMILES string of the molecule is CC12C=NNC1=CC=C(c1nc3ccccc3s1)C2. The van der Waals surface area contributed by atoms with Crippen LogP contribution in [-0.4, -0.2) is 11.2 Å². The maximum Gasteiger partial charge on any atom is 0.120 e. The van der Waals surface area contributed by atoms with Gasteiger partial charge >= 0.3 is 0 Å². The molecule has 1 atom stereocenters. The van der Waals surface area contributed by atoms with Gasteiger partial charge in [0.2, 0.25) is 0 Å². The van der Waals surface area contributed by atoms with E-state index >= 15 is 0 Å². The van der Waals surface area contributed by atoms with Gasteiger partial charge < -0.3 is 0 Å². The molecule has 19 heavy (non-hydrogen) atoms. The van der Waals surface area contributed by atoms with Gasteiger partial charge in [-0.1, -0.05) is 18.2 Å². The smallest absolute Gasteiger partial charge is 0.120 e. The first kappa shape index (κ1) is 10.9. The summed E-state index contributed by atoms with van der Waals surface area (Å²) in [5.74, 6) is 0. The van der Waals surface area contributed by atoms with E-state index in [4.69, 9.17) is 4.98 Å². The largest absolute Gasteiger partial charge is 0.282 e. The molecule has 0 saturated heterocycles. The Bertz CT molecular complexity index is 721. The average molecular weight is 267 g/mol. The van der Waals surface area contributed by atoms with E-state index in [0.717, 1.165) is 16.9 Å². The van der Waals surface area contributed by atoms with E-state index in [9.17, 15) is 0 Å². The van der Waals surface area contributed by atoms with Crippen molar-refractivity contribution < 1.29 is 0 Å². The number of allylic oxidation sites excluding steroid dienone is 4. The van der Waals surface area contributed by atoms with E-state index in [2.05, 4.69) is 47.8 Å². The zero-order valence-electron chi connectivity index (χ0n) is 10.6. The molecule has 3 nitrogen and oxygen atoms in total. The van der Waals surface area contributed by atoms with Crippen molar-refractivity contribution in [3.05, 3.63) is 47.1 Å². The quantitative estimate of drug-likeness (QED) is 0.857. The van der Waals surface area contributed by atoms with Crippen LogP contribution in [-0.2, 0) is 0 Å². The summed E-state index contributed by atoms with van der Waals surface area (Å²) in [4.78, 5) is 4.74. The molecule has 0 spiro atoms. The molecule has 1 unspecified atom stereocenters. The number of nitrogens with zero attached hydrogens (tertiary/aromatic N) is 2. The lowest BCUT2D eigenvalue weighted by Gasteiger charge is -2.26. The normalized spacial score (nSPS) is 24.9. The minimum absolute atomic E-state index is 0.00192. The van der Waals surface area contributed by atoms with Crippen molar-refractivity contribution in [2.24, 2.45) is 10.5 Å². The van der Waals surface area contributed by atoms with Gasteiger partial charge in [-0.25, -0.2) is 4.98 Å². The minimum Gasteiger partial charge on any atom is -0.282 e. The first-order chi connectivity index (χ1) is 9.24. The summed E-state index contributed by atoms with van der Waals surface area (Å²) in [6.07, 6.45) is 7.24. The van der Waals surface area contributed by atoms with Gasteiger partial charge in [0, 0.05) is 11.9 Å². The molecule has 1 aliphatic heterocycles. The third kappa shape index (κ3) is 1.64. The Morgan fingerprint density at radius 3 is 3.05 bits per heavy atom. The molecule has 2 aromatic rings. The van der Waals surface area contributed by atoms with Gasteiger partial charge in [-0.2, -0.15) is 5.10 Å². The number of fused-ring (bicyclic) bond motifs is 2. The third-order valence-corrected chi connectivity index (χ3v) is 4.84. The molecule has 94 valence electrons. The highest BCUT2D eigenvalue weighted by atomic mass is 32.1. The Kier molecular flexibility index (Phi) is 2.17. The highest BCUT2D eigenvalue weighted by Crippen LogP contribution is 2.42. The van der Waals surface area contributed by atoms with Crippen LogP contribution in [0.25, 0.3) is 15.8 Å². The zero-order chi connectivity index (χ0) is 12.9. The molecular formula is C15H13N3S. The number of nitrogens with one attached hydrogen (secondary N) is 1. The molecule has 0 saturated carbocycles. The van der Waals surface area contributed by atoms with E-state index in [1.165, 1.54) is 16.0 Å². The predicted octanol–water partition coefficient (Wildman–Crippen LogP) is 3.56. The Morgan fingerprint density at radius 1 is 1.26 bits per heavy atom. The van der Waals surface area contributed by atoms with Crippen LogP contribution < -0.4 is 5.43 Å². The number of hydrazone groups is 1. The van der Waals surface area contributed by atoms with Crippen LogP contribution in [0.4, 0.5) is 0 Å². The number of para-hydroxylation sites is 1. The molecule has 4 rings (SSSR count). The molecule has 0 amide bonds. The maximum atomic E-state index is 4.74. The highest BCUT2D eigenvalue weighted by Gasteiger charge is 2.35. The monoisotopic (exact) mass is 267 g/mol. The van der Waals surface area contributed by atoms with Crippen molar-refractivity contribution in [1.29, 1.82) is 0 Å². The lowest BCUT2D eigenvalue weighted by atomic mass is 9.79. The summed E-state index contributed by atoms with van der Waals surface area (Å²) in [5.41, 5.74) is 6.63. The zero-order valence-corrected chi connectivity index (χ0v) is 11.4. The van der Waals surface area contributed by atoms with Crippen LogP contribution in [0.3, 0.4) is 0 Å². The molecule has 1 aromatic heterocycles. The van der Waals surface area contributed by atoms with Crippen LogP contribution >= 0.6 is 11.3 Å². The minimum atomic E-state index is 0.00192. The van der Waals surface area contributed by atoms with Crippen LogP contribution in [0.2, 0.25) is 0 Å². The Balaban J connectivity index is 1.79. The van der Waals surface area contributed by atoms with E-state index in [0.29, 0.717) is 0 Å². The van der Waals surface area contributed by atoms with Gasteiger partial charge in [-0.15, -0.1) is 11.3 Å². The summed E-state index contributed by atoms with van der Waals surface area (Å²) in [5, 5.41) is 5.30. The molecule has 0 fully saturated rings. The van der Waals surface area contributed by atoms with Gasteiger partial charge in [0.15, 0.2) is 0 Å². The van der Waals surface area contributed by atoms with Crippen molar-refractivity contribution in [3.63, 3.8) is 0 Å². The summed E-state index contributed by atoms with van der Waals surface area (Å²) < 4.78 is 1.25. The fourth-order valence-electron chi connectivity index (χ4n) is 2.60. The van der Waals surface area contributed by atoms with Crippen LogP contribution in [0.5, 0.6) is 0 Å². The molecule has 4 heteroatoms. The topological polar surface area (TPSA) is 37.3 Å². The third-order valence-electron chi connectivity index (χ3n) is 3.73. The standard InChI is InChI=1S/C15H13N3S/c1-15-8-10(6-7-13(15)18-16-9-15)14-17-11-4-2-3-5-12(11)19-14/h2-7,9,18H,8H2,1H3. The van der Waals surface area contributed by atoms with Gasteiger partial charge in [-0.3, -0.25) is 5.43 Å². The summed E-state index contributed by atoms with van der Waals surface area (Å²) in [6.45, 7) is 2.21. The number of rotatable bonds is 1. The van der Waals surface area contributed by atoms with Crippen LogP contribution in [0.15, 0.2) is 47.2 Å². The number of aromatic nitrogens is 1. The van der Waals surface area contributed by atoms with Crippen molar-refractivity contribution in [2.75, 3.05) is 0 Å². The Morgan fingerprint density at radius 2 is 2.16 bits per heavy atom. The highest BCUT2D eigenvalue weighted by molar-refractivity contribution is 7.19. The number of hydrogen-bond acceptors (Lipinski definition) is 4. The molecular weight excluding hydrogens is 254 g/mol. The fraction of sp³-hybridized carbons (Fsp3) is 0.200. The second kappa shape index (κ2) is 3.78. The van der Waals surface area contributed by atoms with Gasteiger partial charge in [0.25, 0.3) is 0 Å². The molecule has 0 bridgehead atoms. The van der Waals surface area contributed by atoms with Gasteiger partial charge in [-0.05, 0) is 37.1 Å². The second-order valence-electron chi connectivity index (χ2n) is 5.22. The second-order valence-corrected chi connectivity index (χ2v) is 6.25. The lowest BCUT2D eigenvalue weighted by Crippen LogP contribution is -2.23. The average Bonchev–Trinajstić information content (AvgIpc) is 2.99. The molecule has 1 N–H and O–H groups in total. The molecule has 1 aromatic carbocycles. The Labute approximate surface area is 115 Å². The van der Waals surface area contributed by atoms with Crippen LogP contribution in [0, 0.1) is 5.41 Å². The predicted molar refractivity (Wildman–Crippen MR) is 80.0 cm³/mol. The molecule has 0 radical (unpaired) electrons. The summed E-state index contributed by atoms with van der Waals surface area (Å²) >= 11 is 1.76. The van der Waals surface area contributed by atoms with Crippen molar-refractivity contribution >= 4 is 33.3 Å². The van der Waals surface area contributed by atoms with E-state index in [1.54, 1.807) is 11.3 Å². The van der Waals surface area contributed by atoms with Gasteiger partial charge in [0.1, 0.15) is 5.01 Å². The fourth-order valence-corrected chi connectivity index (χ4v) is 3.59. The molecule has 2 aliphatic rings. The lowest BCUT2D eigenvalue weighted by molar-refractivity contribution is 0.570. The van der Waals surface area contributed by atoms with Crippen molar-refractivity contribution in [3.8, 4) is 0 Å². The summed E-state index contributed by atoms with van der Waals surface area (Å²) in [7, 11) is 0. The first-order valence-corrected chi connectivity index (χ1v) is 7.14. The van der Waals surface area contributed by atoms with Crippen LogP contribution in [0.1, 0.15) is 18.4 Å². The van der Waals surface area contributed by atoms with E-state index in [1.807, 2.05) is 12.3 Å². The first-order valence-electron chi connectivity index (χ1n) is 6.32. The number of benzene rings is 1. The summed E-state index contributed by atoms with van der Waals surface area (Å²) in [6, 6.07) is 8.29. The number of hydrogen-bond donors (Lipinski definition) is 1. The van der Waals surface area contributed by atoms with Crippen molar-refractivity contribution in [1.82, 2.24) is 10.4 Å².